The van der Waals surface area contributed by atoms with Crippen molar-refractivity contribution in [1.82, 2.24) is 5.32 Å². The normalized spacial score (nSPS) is 15.4. The molecule has 10 nitrogen and oxygen atoms in total. The zero-order chi connectivity index (χ0) is 31.1. The van der Waals surface area contributed by atoms with Gasteiger partial charge in [-0.25, -0.2) is 4.79 Å². The van der Waals surface area contributed by atoms with Gasteiger partial charge in [-0.3, -0.25) is 15.0 Å². The second-order valence-corrected chi connectivity index (χ2v) is 11.7. The number of hydrogen-bond donors (Lipinski definition) is 5. The summed E-state index contributed by atoms with van der Waals surface area (Å²) in [5.74, 6) is -1.35. The quantitative estimate of drug-likeness (QED) is 0.136. The number of carbonyl (C=O) groups excluding carboxylic acids is 3. The van der Waals surface area contributed by atoms with Crippen molar-refractivity contribution in [1.29, 1.82) is 5.41 Å². The van der Waals surface area contributed by atoms with E-state index in [2.05, 4.69) is 10.6 Å². The van der Waals surface area contributed by atoms with Crippen molar-refractivity contribution >= 4 is 35.0 Å². The number of benzene rings is 3. The first-order valence-corrected chi connectivity index (χ1v) is 14.3. The lowest BCUT2D eigenvalue weighted by molar-refractivity contribution is -0.117. The molecule has 3 aromatic carbocycles. The predicted octanol–water partition coefficient (Wildman–Crippen LogP) is 4.07. The van der Waals surface area contributed by atoms with E-state index in [4.69, 9.17) is 15.9 Å². The minimum absolute atomic E-state index is 0.0479. The molecule has 0 saturated carbocycles. The van der Waals surface area contributed by atoms with Gasteiger partial charge in [-0.1, -0.05) is 51.1 Å². The molecule has 1 aliphatic rings. The minimum Gasteiger partial charge on any atom is -0.457 e. The van der Waals surface area contributed by atoms with E-state index in [1.54, 1.807) is 36.4 Å². The van der Waals surface area contributed by atoms with Gasteiger partial charge < -0.3 is 31.1 Å². The van der Waals surface area contributed by atoms with Gasteiger partial charge in [0.2, 0.25) is 5.91 Å². The summed E-state index contributed by atoms with van der Waals surface area (Å²) in [6.07, 6.45) is 1.30. The van der Waals surface area contributed by atoms with Crippen LogP contribution >= 0.6 is 0 Å². The Morgan fingerprint density at radius 2 is 1.72 bits per heavy atom. The molecule has 0 radical (unpaired) electrons. The maximum atomic E-state index is 13.5. The molecule has 2 amide bonds. The first-order chi connectivity index (χ1) is 20.5. The molecule has 6 N–H and O–H groups in total. The number of aliphatic hydroxyl groups excluding tert-OH is 1. The lowest BCUT2D eigenvalue weighted by Gasteiger charge is -2.30. The molecule has 226 valence electrons. The fraction of sp³-hybridized carbons (Fsp3) is 0.333. The number of amides is 2. The van der Waals surface area contributed by atoms with Crippen LogP contribution < -0.4 is 21.3 Å². The van der Waals surface area contributed by atoms with Gasteiger partial charge >= 0.3 is 5.97 Å². The summed E-state index contributed by atoms with van der Waals surface area (Å²) in [6.45, 7) is 6.09. The van der Waals surface area contributed by atoms with Crippen LogP contribution in [0.3, 0.4) is 0 Å². The van der Waals surface area contributed by atoms with Crippen LogP contribution in [-0.4, -0.2) is 54.0 Å². The van der Waals surface area contributed by atoms with Crippen molar-refractivity contribution in [3.8, 4) is 0 Å². The van der Waals surface area contributed by atoms with E-state index < -0.39 is 24.0 Å². The number of hydrogen-bond acceptors (Lipinski definition) is 7. The molecule has 2 atom stereocenters. The number of nitrogens with one attached hydrogen (secondary N) is 3. The Morgan fingerprint density at radius 3 is 2.35 bits per heavy atom. The molecule has 1 saturated heterocycles. The highest BCUT2D eigenvalue weighted by atomic mass is 16.5. The smallest absolute Gasteiger partial charge is 0.340 e. The third-order valence-electron chi connectivity index (χ3n) is 7.55. The van der Waals surface area contributed by atoms with Crippen LogP contribution in [0.25, 0.3) is 0 Å². The molecule has 1 heterocycles. The Morgan fingerprint density at radius 1 is 1.05 bits per heavy atom. The summed E-state index contributed by atoms with van der Waals surface area (Å²) in [6, 6.07) is 19.7. The molecule has 4 rings (SSSR count). The van der Waals surface area contributed by atoms with Crippen LogP contribution in [0.1, 0.15) is 65.5 Å². The number of carbonyl (C=O) groups is 3. The third kappa shape index (κ3) is 7.78. The summed E-state index contributed by atoms with van der Waals surface area (Å²) < 4.78 is 5.66. The Hall–Kier alpha value is -4.70. The monoisotopic (exact) mass is 585 g/mol. The van der Waals surface area contributed by atoms with Gasteiger partial charge in [0.15, 0.2) is 0 Å². The number of nitrogen functional groups attached to an aromatic ring is 1. The molecule has 1 aliphatic heterocycles. The molecular formula is C33H39N5O5. The number of aliphatic hydroxyl groups is 1. The molecule has 3 aromatic rings. The van der Waals surface area contributed by atoms with Crippen molar-refractivity contribution < 1.29 is 24.2 Å². The van der Waals surface area contributed by atoms with Gasteiger partial charge in [-0.15, -0.1) is 0 Å². The first-order valence-electron chi connectivity index (χ1n) is 14.3. The number of rotatable bonds is 10. The number of nitrogens with zero attached hydrogens (tertiary/aromatic N) is 1. The van der Waals surface area contributed by atoms with Gasteiger partial charge in [0.25, 0.3) is 5.91 Å². The number of anilines is 2. The summed E-state index contributed by atoms with van der Waals surface area (Å²) in [5, 5.41) is 23.2. The molecule has 0 bridgehead atoms. The maximum absolute atomic E-state index is 13.5. The van der Waals surface area contributed by atoms with Crippen molar-refractivity contribution in [2.45, 2.75) is 52.3 Å². The first kappa shape index (κ1) is 31.2. The van der Waals surface area contributed by atoms with E-state index in [1.165, 1.54) is 6.07 Å². The van der Waals surface area contributed by atoms with Crippen LogP contribution in [0.15, 0.2) is 72.8 Å². The molecule has 0 aromatic heterocycles. The van der Waals surface area contributed by atoms with Crippen molar-refractivity contribution in [3.05, 3.63) is 95.1 Å². The minimum atomic E-state index is -0.617. The topological polar surface area (TPSA) is 158 Å². The molecule has 1 fully saturated rings. The second kappa shape index (κ2) is 13.5. The van der Waals surface area contributed by atoms with Gasteiger partial charge in [0.05, 0.1) is 23.9 Å². The molecule has 10 heteroatoms. The largest absolute Gasteiger partial charge is 0.457 e. The van der Waals surface area contributed by atoms with Gasteiger partial charge in [0, 0.05) is 23.4 Å². The number of amidine groups is 1. The highest BCUT2D eigenvalue weighted by Gasteiger charge is 2.34. The van der Waals surface area contributed by atoms with E-state index >= 15 is 0 Å². The standard InChI is InChI=1S/C33H39N5O5/c1-33(2,3)28(19-39)37-30(40)23-13-16-26(25(18-23)32(42)43-20-21-8-5-4-6-9-21)38-17-7-10-27(38)31(41)36-24-14-11-22(12-15-24)29(34)35/h4-6,8-9,11-16,18,27-28,39H,7,10,17,19-20H2,1-3H3,(H3,34,35)(H,36,41)(H,37,40)/t27-,28+/m0/s1. The van der Waals surface area contributed by atoms with E-state index in [1.807, 2.05) is 56.0 Å². The van der Waals surface area contributed by atoms with E-state index in [9.17, 15) is 19.5 Å². The second-order valence-electron chi connectivity index (χ2n) is 11.7. The Kier molecular flexibility index (Phi) is 9.82. The van der Waals surface area contributed by atoms with Crippen LogP contribution in [0.5, 0.6) is 0 Å². The summed E-state index contributed by atoms with van der Waals surface area (Å²) in [5.41, 5.74) is 7.99. The predicted molar refractivity (Wildman–Crippen MR) is 166 cm³/mol. The van der Waals surface area contributed by atoms with E-state index in [0.717, 1.165) is 12.0 Å². The Balaban J connectivity index is 1.61. The van der Waals surface area contributed by atoms with Crippen LogP contribution in [-0.2, 0) is 16.1 Å². The van der Waals surface area contributed by atoms with Crippen LogP contribution in [0, 0.1) is 10.8 Å². The maximum Gasteiger partial charge on any atom is 0.340 e. The lowest BCUT2D eigenvalue weighted by atomic mass is 9.87. The summed E-state index contributed by atoms with van der Waals surface area (Å²) >= 11 is 0. The summed E-state index contributed by atoms with van der Waals surface area (Å²) in [7, 11) is 0. The van der Waals surface area contributed by atoms with Crippen LogP contribution in [0.2, 0.25) is 0 Å². The fourth-order valence-corrected chi connectivity index (χ4v) is 4.96. The van der Waals surface area contributed by atoms with Crippen LogP contribution in [0.4, 0.5) is 11.4 Å². The number of ether oxygens (including phenoxy) is 1. The van der Waals surface area contributed by atoms with Crippen molar-refractivity contribution in [3.63, 3.8) is 0 Å². The van der Waals surface area contributed by atoms with Gasteiger partial charge in [-0.2, -0.15) is 0 Å². The van der Waals surface area contributed by atoms with E-state index in [0.29, 0.717) is 29.9 Å². The molecular weight excluding hydrogens is 546 g/mol. The molecule has 0 unspecified atom stereocenters. The molecule has 0 aliphatic carbocycles. The zero-order valence-corrected chi connectivity index (χ0v) is 24.7. The van der Waals surface area contributed by atoms with Gasteiger partial charge in [-0.05, 0) is 66.3 Å². The Bertz CT molecular complexity index is 1470. The van der Waals surface area contributed by atoms with Gasteiger partial charge in [0.1, 0.15) is 18.5 Å². The van der Waals surface area contributed by atoms with Crippen molar-refractivity contribution in [2.75, 3.05) is 23.4 Å². The Labute approximate surface area is 251 Å². The average Bonchev–Trinajstić information content (AvgIpc) is 3.48. The molecule has 0 spiro atoms. The fourth-order valence-electron chi connectivity index (χ4n) is 4.96. The average molecular weight is 586 g/mol. The number of esters is 1. The van der Waals surface area contributed by atoms with Crippen molar-refractivity contribution in [2.24, 2.45) is 11.1 Å². The third-order valence-corrected chi connectivity index (χ3v) is 7.55. The highest BCUT2D eigenvalue weighted by Crippen LogP contribution is 2.31. The highest BCUT2D eigenvalue weighted by molar-refractivity contribution is 6.03. The molecule has 43 heavy (non-hydrogen) atoms. The SMILES string of the molecule is CC(C)(C)[C@@H](CO)NC(=O)c1ccc(N2CCC[C@H]2C(=O)Nc2ccc(C(=N)N)cc2)c(C(=O)OCc2ccccc2)c1. The summed E-state index contributed by atoms with van der Waals surface area (Å²) in [4.78, 5) is 42.0. The number of nitrogens with two attached hydrogens (primary N) is 1. The lowest BCUT2D eigenvalue weighted by Crippen LogP contribution is -2.46. The zero-order valence-electron chi connectivity index (χ0n) is 24.7. The van der Waals surface area contributed by atoms with E-state index in [-0.39, 0.29) is 41.5 Å².